The SMILES string of the molecule is Cc1nc(Cl)c(-c2c(F)cc(F)cc2F)n1-c1ccc(Cl)cc1. The Morgan fingerprint density at radius 2 is 1.52 bits per heavy atom. The van der Waals surface area contributed by atoms with Crippen molar-refractivity contribution in [2.24, 2.45) is 0 Å². The van der Waals surface area contributed by atoms with E-state index in [0.717, 1.165) is 0 Å². The Morgan fingerprint density at radius 1 is 0.957 bits per heavy atom. The van der Waals surface area contributed by atoms with Crippen molar-refractivity contribution in [3.05, 3.63) is 69.9 Å². The lowest BCUT2D eigenvalue weighted by Gasteiger charge is -2.12. The zero-order chi connectivity index (χ0) is 16.7. The van der Waals surface area contributed by atoms with Gasteiger partial charge in [-0.3, -0.25) is 4.57 Å². The summed E-state index contributed by atoms with van der Waals surface area (Å²) in [6.45, 7) is 1.64. The molecule has 0 aliphatic heterocycles. The van der Waals surface area contributed by atoms with Crippen LogP contribution in [0, 0.1) is 24.4 Å². The van der Waals surface area contributed by atoms with E-state index in [1.165, 1.54) is 4.57 Å². The van der Waals surface area contributed by atoms with Gasteiger partial charge in [0, 0.05) is 22.8 Å². The molecule has 1 heterocycles. The number of aromatic nitrogens is 2. The molecule has 0 aliphatic rings. The molecule has 0 aliphatic carbocycles. The zero-order valence-electron chi connectivity index (χ0n) is 11.7. The summed E-state index contributed by atoms with van der Waals surface area (Å²) < 4.78 is 42.9. The van der Waals surface area contributed by atoms with Crippen molar-refractivity contribution in [1.82, 2.24) is 9.55 Å². The minimum atomic E-state index is -1.06. The van der Waals surface area contributed by atoms with Crippen LogP contribution in [-0.4, -0.2) is 9.55 Å². The predicted molar refractivity (Wildman–Crippen MR) is 83.6 cm³/mol. The summed E-state index contributed by atoms with van der Waals surface area (Å²) in [6.07, 6.45) is 0. The molecule has 1 aromatic heterocycles. The van der Waals surface area contributed by atoms with E-state index in [1.54, 1.807) is 31.2 Å². The maximum Gasteiger partial charge on any atom is 0.155 e. The molecule has 3 rings (SSSR count). The minimum Gasteiger partial charge on any atom is -0.295 e. The molecule has 0 saturated carbocycles. The van der Waals surface area contributed by atoms with Crippen LogP contribution in [0.2, 0.25) is 10.2 Å². The molecule has 0 N–H and O–H groups in total. The van der Waals surface area contributed by atoms with E-state index >= 15 is 0 Å². The fourth-order valence-corrected chi connectivity index (χ4v) is 2.82. The zero-order valence-corrected chi connectivity index (χ0v) is 13.3. The second-order valence-corrected chi connectivity index (χ2v) is 5.65. The largest absolute Gasteiger partial charge is 0.295 e. The van der Waals surface area contributed by atoms with Gasteiger partial charge in [0.25, 0.3) is 0 Å². The lowest BCUT2D eigenvalue weighted by Crippen LogP contribution is -2.02. The first kappa shape index (κ1) is 15.9. The van der Waals surface area contributed by atoms with Crippen molar-refractivity contribution >= 4 is 23.2 Å². The van der Waals surface area contributed by atoms with Crippen LogP contribution in [0.1, 0.15) is 5.82 Å². The molecular weight excluding hydrogens is 348 g/mol. The van der Waals surface area contributed by atoms with Gasteiger partial charge in [0.15, 0.2) is 5.15 Å². The second kappa shape index (κ2) is 5.91. The van der Waals surface area contributed by atoms with E-state index in [9.17, 15) is 13.2 Å². The van der Waals surface area contributed by atoms with E-state index in [1.807, 2.05) is 0 Å². The number of hydrogen-bond donors (Lipinski definition) is 0. The summed E-state index contributed by atoms with van der Waals surface area (Å²) in [4.78, 5) is 4.06. The fourth-order valence-electron chi connectivity index (χ4n) is 2.39. The van der Waals surface area contributed by atoms with Gasteiger partial charge >= 0.3 is 0 Å². The highest BCUT2D eigenvalue weighted by atomic mass is 35.5. The minimum absolute atomic E-state index is 0.0153. The molecule has 0 unspecified atom stereocenters. The second-order valence-electron chi connectivity index (χ2n) is 4.85. The van der Waals surface area contributed by atoms with Gasteiger partial charge in [-0.1, -0.05) is 23.2 Å². The monoisotopic (exact) mass is 356 g/mol. The van der Waals surface area contributed by atoms with Crippen molar-refractivity contribution in [2.45, 2.75) is 6.92 Å². The highest BCUT2D eigenvalue weighted by Gasteiger charge is 2.23. The Morgan fingerprint density at radius 3 is 2.09 bits per heavy atom. The third kappa shape index (κ3) is 2.82. The van der Waals surface area contributed by atoms with Crippen molar-refractivity contribution < 1.29 is 13.2 Å². The summed E-state index contributed by atoms with van der Waals surface area (Å²) in [5.41, 5.74) is 0.151. The molecule has 0 fully saturated rings. The van der Waals surface area contributed by atoms with Gasteiger partial charge in [0.2, 0.25) is 0 Å². The van der Waals surface area contributed by atoms with E-state index in [0.29, 0.717) is 28.7 Å². The van der Waals surface area contributed by atoms with Gasteiger partial charge in [-0.15, -0.1) is 0 Å². The quantitative estimate of drug-likeness (QED) is 0.586. The van der Waals surface area contributed by atoms with Gasteiger partial charge in [-0.25, -0.2) is 18.2 Å². The lowest BCUT2D eigenvalue weighted by molar-refractivity contribution is 0.547. The van der Waals surface area contributed by atoms with Crippen LogP contribution in [0.3, 0.4) is 0 Å². The molecule has 0 atom stereocenters. The Hall–Kier alpha value is -1.98. The number of rotatable bonds is 2. The smallest absolute Gasteiger partial charge is 0.155 e. The first-order chi connectivity index (χ1) is 10.9. The van der Waals surface area contributed by atoms with Gasteiger partial charge in [-0.2, -0.15) is 0 Å². The number of aryl methyl sites for hydroxylation is 1. The maximum absolute atomic E-state index is 14.1. The molecule has 118 valence electrons. The first-order valence-electron chi connectivity index (χ1n) is 6.54. The van der Waals surface area contributed by atoms with Crippen molar-refractivity contribution in [1.29, 1.82) is 0 Å². The first-order valence-corrected chi connectivity index (χ1v) is 7.29. The van der Waals surface area contributed by atoms with Gasteiger partial charge in [0.1, 0.15) is 23.3 Å². The maximum atomic E-state index is 14.1. The molecule has 2 nitrogen and oxygen atoms in total. The normalized spacial score (nSPS) is 11.0. The Balaban J connectivity index is 2.32. The standard InChI is InChI=1S/C16H9Cl2F3N2/c1-8-22-16(18)15(14-12(20)6-10(19)7-13(14)21)23(8)11-4-2-9(17)3-5-11/h2-7H,1H3. The summed E-state index contributed by atoms with van der Waals surface area (Å²) in [5.74, 6) is -2.69. The topological polar surface area (TPSA) is 17.8 Å². The summed E-state index contributed by atoms with van der Waals surface area (Å²) in [5, 5.41) is 0.431. The molecule has 0 saturated heterocycles. The molecule has 7 heteroatoms. The summed E-state index contributed by atoms with van der Waals surface area (Å²) >= 11 is 11.9. The van der Waals surface area contributed by atoms with Crippen molar-refractivity contribution in [3.8, 4) is 16.9 Å². The van der Waals surface area contributed by atoms with E-state index in [-0.39, 0.29) is 10.8 Å². The van der Waals surface area contributed by atoms with Crippen LogP contribution in [-0.2, 0) is 0 Å². The highest BCUT2D eigenvalue weighted by molar-refractivity contribution is 6.32. The molecule has 0 spiro atoms. The van der Waals surface area contributed by atoms with E-state index in [2.05, 4.69) is 4.98 Å². The average Bonchev–Trinajstić information content (AvgIpc) is 2.74. The molecule has 0 amide bonds. The van der Waals surface area contributed by atoms with Crippen LogP contribution >= 0.6 is 23.2 Å². The number of halogens is 5. The number of benzene rings is 2. The summed E-state index contributed by atoms with van der Waals surface area (Å²) in [6, 6.07) is 7.79. The molecule has 3 aromatic rings. The molecule has 2 aromatic carbocycles. The van der Waals surface area contributed by atoms with E-state index < -0.39 is 23.0 Å². The third-order valence-electron chi connectivity index (χ3n) is 3.33. The number of imidazole rings is 1. The number of hydrogen-bond acceptors (Lipinski definition) is 1. The average molecular weight is 357 g/mol. The fraction of sp³-hybridized carbons (Fsp3) is 0.0625. The molecular formula is C16H9Cl2F3N2. The van der Waals surface area contributed by atoms with Crippen LogP contribution in [0.25, 0.3) is 16.9 Å². The molecule has 0 radical (unpaired) electrons. The van der Waals surface area contributed by atoms with E-state index in [4.69, 9.17) is 23.2 Å². The Bertz CT molecular complexity index is 866. The molecule has 0 bridgehead atoms. The highest BCUT2D eigenvalue weighted by Crippen LogP contribution is 2.35. The van der Waals surface area contributed by atoms with Crippen LogP contribution < -0.4 is 0 Å². The summed E-state index contributed by atoms with van der Waals surface area (Å²) in [7, 11) is 0. The molecule has 23 heavy (non-hydrogen) atoms. The Kier molecular flexibility index (Phi) is 4.08. The Labute approximate surface area is 140 Å². The van der Waals surface area contributed by atoms with Crippen LogP contribution in [0.5, 0.6) is 0 Å². The van der Waals surface area contributed by atoms with Gasteiger partial charge < -0.3 is 0 Å². The van der Waals surface area contributed by atoms with Gasteiger partial charge in [-0.05, 0) is 31.2 Å². The van der Waals surface area contributed by atoms with Crippen molar-refractivity contribution in [2.75, 3.05) is 0 Å². The van der Waals surface area contributed by atoms with Crippen molar-refractivity contribution in [3.63, 3.8) is 0 Å². The number of nitrogens with zero attached hydrogens (tertiary/aromatic N) is 2. The lowest BCUT2D eigenvalue weighted by atomic mass is 10.1. The van der Waals surface area contributed by atoms with Gasteiger partial charge in [0.05, 0.1) is 11.3 Å². The van der Waals surface area contributed by atoms with Crippen LogP contribution in [0.4, 0.5) is 13.2 Å². The third-order valence-corrected chi connectivity index (χ3v) is 3.85. The predicted octanol–water partition coefficient (Wildman–Crippen LogP) is 5.57. The van der Waals surface area contributed by atoms with Crippen LogP contribution in [0.15, 0.2) is 36.4 Å².